The number of carbonyl (C=O) groups is 1. The lowest BCUT2D eigenvalue weighted by molar-refractivity contribution is 0.0928. The van der Waals surface area contributed by atoms with Crippen LogP contribution in [-0.4, -0.2) is 31.4 Å². The summed E-state index contributed by atoms with van der Waals surface area (Å²) in [7, 11) is 3.99. The molecule has 0 aliphatic heterocycles. The van der Waals surface area contributed by atoms with E-state index in [1.807, 2.05) is 58.3 Å². The first kappa shape index (κ1) is 15.3. The van der Waals surface area contributed by atoms with Crippen LogP contribution >= 0.6 is 0 Å². The van der Waals surface area contributed by atoms with Gasteiger partial charge in [-0.25, -0.2) is 0 Å². The molecule has 0 aliphatic carbocycles. The standard InChI is InChI=1S/C17H22N2O2/c1-12-10-15(13(2)21-12)17(20)18-16(11-19(3)4)14-8-6-5-7-9-14/h5-10,16H,11H2,1-4H3,(H,18,20). The van der Waals surface area contributed by atoms with Gasteiger partial charge in [0.1, 0.15) is 11.5 Å². The first-order chi connectivity index (χ1) is 9.97. The van der Waals surface area contributed by atoms with Gasteiger partial charge in [-0.1, -0.05) is 30.3 Å². The Kier molecular flexibility index (Phi) is 4.81. The van der Waals surface area contributed by atoms with Crippen LogP contribution in [0.15, 0.2) is 40.8 Å². The molecule has 0 spiro atoms. The number of furan rings is 1. The lowest BCUT2D eigenvalue weighted by atomic mass is 10.1. The lowest BCUT2D eigenvalue weighted by Gasteiger charge is -2.22. The van der Waals surface area contributed by atoms with E-state index in [0.29, 0.717) is 11.3 Å². The number of nitrogens with one attached hydrogen (secondary N) is 1. The summed E-state index contributed by atoms with van der Waals surface area (Å²) >= 11 is 0. The van der Waals surface area contributed by atoms with Gasteiger partial charge in [0.2, 0.25) is 0 Å². The first-order valence-corrected chi connectivity index (χ1v) is 7.05. The normalized spacial score (nSPS) is 12.4. The Morgan fingerprint density at radius 2 is 1.90 bits per heavy atom. The van der Waals surface area contributed by atoms with Crippen molar-refractivity contribution in [1.29, 1.82) is 0 Å². The number of nitrogens with zero attached hydrogens (tertiary/aromatic N) is 1. The number of likely N-dealkylation sites (N-methyl/N-ethyl adjacent to an activating group) is 1. The van der Waals surface area contributed by atoms with Crippen molar-refractivity contribution < 1.29 is 9.21 Å². The molecule has 1 aromatic carbocycles. The van der Waals surface area contributed by atoms with Crippen LogP contribution in [0.1, 0.15) is 33.5 Å². The predicted octanol–water partition coefficient (Wildman–Crippen LogP) is 2.93. The molecule has 112 valence electrons. The van der Waals surface area contributed by atoms with E-state index in [1.54, 1.807) is 6.07 Å². The number of amides is 1. The van der Waals surface area contributed by atoms with E-state index in [4.69, 9.17) is 4.42 Å². The molecule has 1 N–H and O–H groups in total. The Morgan fingerprint density at radius 1 is 1.24 bits per heavy atom. The minimum absolute atomic E-state index is 0.0525. The zero-order chi connectivity index (χ0) is 15.4. The Bertz CT molecular complexity index is 603. The van der Waals surface area contributed by atoms with Crippen molar-refractivity contribution in [3.8, 4) is 0 Å². The highest BCUT2D eigenvalue weighted by molar-refractivity contribution is 5.95. The molecule has 1 amide bonds. The molecule has 4 nitrogen and oxygen atoms in total. The molecule has 1 unspecified atom stereocenters. The summed E-state index contributed by atoms with van der Waals surface area (Å²) < 4.78 is 5.43. The monoisotopic (exact) mass is 286 g/mol. The summed E-state index contributed by atoms with van der Waals surface area (Å²) in [5.41, 5.74) is 1.70. The fourth-order valence-corrected chi connectivity index (χ4v) is 2.38. The van der Waals surface area contributed by atoms with Gasteiger partial charge >= 0.3 is 0 Å². The van der Waals surface area contributed by atoms with Gasteiger partial charge in [0.25, 0.3) is 5.91 Å². The molecule has 0 bridgehead atoms. The van der Waals surface area contributed by atoms with Crippen molar-refractivity contribution in [2.24, 2.45) is 0 Å². The van der Waals surface area contributed by atoms with Crippen LogP contribution in [-0.2, 0) is 0 Å². The summed E-state index contributed by atoms with van der Waals surface area (Å²) in [4.78, 5) is 14.5. The SMILES string of the molecule is Cc1cc(C(=O)NC(CN(C)C)c2ccccc2)c(C)o1. The van der Waals surface area contributed by atoms with Crippen LogP contribution < -0.4 is 5.32 Å². The average Bonchev–Trinajstić information content (AvgIpc) is 2.77. The van der Waals surface area contributed by atoms with Crippen molar-refractivity contribution in [1.82, 2.24) is 10.2 Å². The molecule has 0 aliphatic rings. The summed E-state index contributed by atoms with van der Waals surface area (Å²) in [5.74, 6) is 1.31. The molecule has 0 fully saturated rings. The highest BCUT2D eigenvalue weighted by atomic mass is 16.3. The van der Waals surface area contributed by atoms with Crippen LogP contribution in [0, 0.1) is 13.8 Å². The van der Waals surface area contributed by atoms with E-state index in [-0.39, 0.29) is 11.9 Å². The number of aryl methyl sites for hydroxylation is 2. The van der Waals surface area contributed by atoms with Gasteiger partial charge < -0.3 is 14.6 Å². The molecular formula is C17H22N2O2. The molecule has 2 rings (SSSR count). The van der Waals surface area contributed by atoms with E-state index in [2.05, 4.69) is 10.2 Å². The smallest absolute Gasteiger partial charge is 0.255 e. The number of hydrogen-bond acceptors (Lipinski definition) is 3. The zero-order valence-electron chi connectivity index (χ0n) is 13.0. The van der Waals surface area contributed by atoms with Gasteiger partial charge in [-0.2, -0.15) is 0 Å². The average molecular weight is 286 g/mol. The zero-order valence-corrected chi connectivity index (χ0v) is 13.0. The fraction of sp³-hybridized carbons (Fsp3) is 0.353. The third-order valence-electron chi connectivity index (χ3n) is 3.34. The minimum atomic E-state index is -0.0972. The molecule has 0 saturated carbocycles. The van der Waals surface area contributed by atoms with Crippen LogP contribution in [0.25, 0.3) is 0 Å². The minimum Gasteiger partial charge on any atom is -0.466 e. The van der Waals surface area contributed by atoms with Crippen molar-refractivity contribution in [2.45, 2.75) is 19.9 Å². The topological polar surface area (TPSA) is 45.5 Å². The Labute approximate surface area is 125 Å². The molecule has 4 heteroatoms. The van der Waals surface area contributed by atoms with E-state index in [1.165, 1.54) is 0 Å². The molecule has 0 radical (unpaired) electrons. The molecule has 2 aromatic rings. The highest BCUT2D eigenvalue weighted by Gasteiger charge is 2.19. The fourth-order valence-electron chi connectivity index (χ4n) is 2.38. The third-order valence-corrected chi connectivity index (χ3v) is 3.34. The molecular weight excluding hydrogens is 264 g/mol. The number of hydrogen-bond donors (Lipinski definition) is 1. The Hall–Kier alpha value is -2.07. The molecule has 1 aromatic heterocycles. The number of carbonyl (C=O) groups excluding carboxylic acids is 1. The van der Waals surface area contributed by atoms with E-state index >= 15 is 0 Å². The summed E-state index contributed by atoms with van der Waals surface area (Å²) in [5, 5.41) is 3.09. The van der Waals surface area contributed by atoms with Crippen LogP contribution in [0.4, 0.5) is 0 Å². The molecule has 0 saturated heterocycles. The molecule has 1 heterocycles. The van der Waals surface area contributed by atoms with Gasteiger partial charge in [-0.05, 0) is 39.6 Å². The van der Waals surface area contributed by atoms with Gasteiger partial charge in [0, 0.05) is 6.54 Å². The van der Waals surface area contributed by atoms with Gasteiger partial charge in [0.05, 0.1) is 11.6 Å². The molecule has 1 atom stereocenters. The van der Waals surface area contributed by atoms with Crippen molar-refractivity contribution in [2.75, 3.05) is 20.6 Å². The van der Waals surface area contributed by atoms with Gasteiger partial charge in [-0.3, -0.25) is 4.79 Å². The number of benzene rings is 1. The second kappa shape index (κ2) is 6.59. The van der Waals surface area contributed by atoms with Crippen molar-refractivity contribution in [3.63, 3.8) is 0 Å². The Balaban J connectivity index is 2.19. The van der Waals surface area contributed by atoms with Crippen LogP contribution in [0.2, 0.25) is 0 Å². The lowest BCUT2D eigenvalue weighted by Crippen LogP contribution is -2.35. The van der Waals surface area contributed by atoms with Crippen LogP contribution in [0.3, 0.4) is 0 Å². The third kappa shape index (κ3) is 3.95. The van der Waals surface area contributed by atoms with Gasteiger partial charge in [0.15, 0.2) is 0 Å². The largest absolute Gasteiger partial charge is 0.466 e. The second-order valence-corrected chi connectivity index (χ2v) is 5.53. The summed E-state index contributed by atoms with van der Waals surface area (Å²) in [6.45, 7) is 4.40. The second-order valence-electron chi connectivity index (χ2n) is 5.53. The van der Waals surface area contributed by atoms with Crippen molar-refractivity contribution in [3.05, 3.63) is 59.0 Å². The quantitative estimate of drug-likeness (QED) is 0.919. The predicted molar refractivity (Wildman–Crippen MR) is 83.4 cm³/mol. The number of rotatable bonds is 5. The van der Waals surface area contributed by atoms with E-state index in [9.17, 15) is 4.79 Å². The van der Waals surface area contributed by atoms with Crippen LogP contribution in [0.5, 0.6) is 0 Å². The Morgan fingerprint density at radius 3 is 2.43 bits per heavy atom. The highest BCUT2D eigenvalue weighted by Crippen LogP contribution is 2.17. The molecule has 21 heavy (non-hydrogen) atoms. The summed E-state index contributed by atoms with van der Waals surface area (Å²) in [6, 6.07) is 11.7. The van der Waals surface area contributed by atoms with E-state index < -0.39 is 0 Å². The maximum absolute atomic E-state index is 12.5. The van der Waals surface area contributed by atoms with E-state index in [0.717, 1.165) is 17.9 Å². The summed E-state index contributed by atoms with van der Waals surface area (Å²) in [6.07, 6.45) is 0. The van der Waals surface area contributed by atoms with Crippen molar-refractivity contribution >= 4 is 5.91 Å². The maximum Gasteiger partial charge on any atom is 0.255 e. The first-order valence-electron chi connectivity index (χ1n) is 7.05. The maximum atomic E-state index is 12.5. The van der Waals surface area contributed by atoms with Gasteiger partial charge in [-0.15, -0.1) is 0 Å².